The Morgan fingerprint density at radius 3 is 2.27 bits per heavy atom. The van der Waals surface area contributed by atoms with E-state index in [1.165, 1.54) is 0 Å². The summed E-state index contributed by atoms with van der Waals surface area (Å²) in [6.45, 7) is 21.6. The van der Waals surface area contributed by atoms with E-state index in [0.29, 0.717) is 52.7 Å². The monoisotopic (exact) mass is 1410 g/mol. The van der Waals surface area contributed by atoms with E-state index in [2.05, 4.69) is 0 Å². The van der Waals surface area contributed by atoms with Crippen molar-refractivity contribution in [2.75, 3.05) is 25.7 Å². The van der Waals surface area contributed by atoms with Crippen molar-refractivity contribution in [3.05, 3.63) is 51.0 Å². The maximum Gasteiger partial charge on any atom is 0.305 e. The van der Waals surface area contributed by atoms with Gasteiger partial charge in [0.2, 0.25) is 5.91 Å². The predicted molar refractivity (Wildman–Crippen MR) is 873 cm³/mol. The van der Waals surface area contributed by atoms with Crippen LogP contribution >= 0.6 is 11.6 Å². The zero-order valence-corrected chi connectivity index (χ0v) is 35.7. The number of fused-ring (bicyclic) bond motifs is 1. The lowest BCUT2D eigenvalue weighted by Gasteiger charge is -2.48. The Bertz CT molecular complexity index is 2020. The Kier molecular flexibility index (Phi) is 13.7. The van der Waals surface area contributed by atoms with E-state index < -0.39 is 35.2 Å². The van der Waals surface area contributed by atoms with Gasteiger partial charge < -0.3 is 33.9 Å². The molecule has 2 amide bonds. The average Bonchev–Trinajstić information content (AvgIpc) is 3.17. The van der Waals surface area contributed by atoms with Crippen LogP contribution in [-0.2, 0) is 34.3 Å². The molecule has 0 saturated carbocycles. The molecule has 0 spiro atoms. The molecule has 12 heteroatoms. The van der Waals surface area contributed by atoms with Crippen LogP contribution in [-0.4, -0.2) is 78.3 Å². The number of nitrogens with zero attached hydrogens (tertiary/aromatic N) is 2. The van der Waals surface area contributed by atoms with E-state index in [4.69, 9.17) is 30.5 Å². The number of carboxylic acids is 1. The van der Waals surface area contributed by atoms with Crippen molar-refractivity contribution in [3.63, 3.8) is 0 Å². The van der Waals surface area contributed by atoms with Crippen molar-refractivity contribution in [2.45, 2.75) is 138 Å². The number of carbonyl (C=O) groups excluding carboxylic acids is 3. The summed E-state index contributed by atoms with van der Waals surface area (Å²) in [4.78, 5) is 57.6. The fraction of sp³-hybridized carbons (Fsp3) is 0.628. The van der Waals surface area contributed by atoms with Crippen molar-refractivity contribution < 1.29 is 488 Å². The Labute approximate surface area is 795 Å². The molecule has 1 fully saturated rings. The number of methoxy groups -OCH3 is 2. The molecule has 2 aliphatic heterocycles. The maximum atomic E-state index is 15.6. The number of esters is 1. The van der Waals surface area contributed by atoms with Crippen LogP contribution in [0.2, 0.25) is 5.02 Å². The minimum absolute atomic E-state index is 0. The van der Waals surface area contributed by atoms with Crippen molar-refractivity contribution in [1.82, 2.24) is 4.90 Å². The largest absolute Gasteiger partial charge is 0.493 e. The summed E-state index contributed by atoms with van der Waals surface area (Å²) in [6.07, 6.45) is -0.783. The van der Waals surface area contributed by atoms with Crippen LogP contribution in [0.25, 0.3) is 0 Å². The van der Waals surface area contributed by atoms with E-state index in [1.807, 2.05) is 87.4 Å². The molecule has 2 aromatic carbocycles. The number of aliphatic carboxylic acids is 1. The van der Waals surface area contributed by atoms with E-state index in [1.54, 1.807) is 30.9 Å². The number of aryl methyl sites for hydroxylation is 2. The van der Waals surface area contributed by atoms with Crippen LogP contribution in [0.5, 0.6) is 11.5 Å². The number of hydrogen-bond acceptors (Lipinski definition) is 8. The molecule has 11 nitrogen and oxygen atoms in total. The summed E-state index contributed by atoms with van der Waals surface area (Å²) >= 11 is 6.96. The number of benzene rings is 2. The van der Waals surface area contributed by atoms with Gasteiger partial charge in [0, 0.05) is 498 Å². The standard InChI is InChI=1S/C43H61ClN2O9.312H2/c1-14-37(50)54-28(8)38(23(2)3)42(9,10)46-32-17-25(5)31(44)21-30(32)43(11,39-27(7)24(4)18-33(52-12)40(39)53-13)55-34(41(46)51)22-35(47)45-16-15-29(19-26(45)6)20-36(48)49;;;;;;;;;;;;;;;;;;;;;;;;;;;;;;;;;;;;;;;;;;;;;;;;;;;;;;;;;;;;;;;;;;;;;;;;;;;;;;;;;;;;;;;;;;;;;;;;;;;;;;;;;;;;;;;;;;;;;;;;;;;;;;;;;;;;;;;;;;;;;;;;;;;;;;;;;;;;;;;;;;;;;;;;;;;;;;;;;;;;;;;;;;;;;;;;;;;;;;;;;;;;;;;;;;;;;;;;;;;;;;;;;;;;;;;;;;;;;;;;;;;;;;;;;;;;;;;;;;;;;;;;;;;;;;;;;;;;;;;;;;;;;;;;;;;;;;;;;;;;;;;;;;;;;;;;/h17-18,21,23,26,28-29,34,38H,14-16,19-20,22H2,1-13H3,(H,48,49);312*1H/t26?,28?,29?,34-,38?,43+;;;;;;;;;;;;;;;;;;;;;;;;;;;;;;;;;;;;;;;;;;;;;;;;;;;;;;;;;;;;;;;;;;;;;;;;;;;;;;;;;;;;;;;;;;;;;;;;;;;;;;;;;;;;;;;;;;;;;;;;;;;;;;;;;;;;;;;;;;;;;;;;;;;;;;;;;;;;;;;;;;;;;;;;;;;;;;;;;;;;;;;;;;;;;;;;;;;;;;;;;;;;;;;;;;;;;;;;;;;;;;;;;;;;;;;;;;;;;;;;;;;;;;;;;;;;;;;;;;;;;;;;;;;;;;;;;;;;;;;;;;;;;;;;;;;;;;;;;;;;;;;;;;;;;;;;/m1......................................................................................................................................................................................................................................................................................................................../s1. The highest BCUT2D eigenvalue weighted by molar-refractivity contribution is 6.31. The highest BCUT2D eigenvalue weighted by Crippen LogP contribution is 2.53. The first-order chi connectivity index (χ1) is 25.6. The topological polar surface area (TPSA) is 132 Å². The van der Waals surface area contributed by atoms with Crippen molar-refractivity contribution in [2.24, 2.45) is 17.8 Å². The molecule has 0 aliphatic carbocycles. The van der Waals surface area contributed by atoms with E-state index in [-0.39, 0.29) is 500 Å². The first kappa shape index (κ1) is 43.9. The summed E-state index contributed by atoms with van der Waals surface area (Å²) in [5, 5.41) is 9.89. The number of likely N-dealkylation sites (tertiary alicyclic amines) is 1. The normalized spacial score (nSPS) is 22.8. The summed E-state index contributed by atoms with van der Waals surface area (Å²) < 4.78 is 25.0. The highest BCUT2D eigenvalue weighted by Gasteiger charge is 2.53. The van der Waals surface area contributed by atoms with Gasteiger partial charge in [-0.1, -0.05) is 32.4 Å². The second kappa shape index (κ2) is 17.1. The smallest absolute Gasteiger partial charge is 0.305 e. The molecule has 1 saturated heterocycles. The number of hydrogen-bond donors (Lipinski definition) is 1. The van der Waals surface area contributed by atoms with Gasteiger partial charge in [-0.15, -0.1) is 0 Å². The van der Waals surface area contributed by atoms with E-state index in [0.717, 1.165) is 16.7 Å². The van der Waals surface area contributed by atoms with Gasteiger partial charge in [-0.25, -0.2) is 0 Å². The van der Waals surface area contributed by atoms with E-state index in [9.17, 15) is 19.5 Å². The van der Waals surface area contributed by atoms with Gasteiger partial charge in [-0.05, 0) is 115 Å². The Morgan fingerprint density at radius 2 is 1.73 bits per heavy atom. The Hall–Kier alpha value is -3.83. The third kappa shape index (κ3) is 8.63. The third-order valence-corrected chi connectivity index (χ3v) is 12.3. The predicted octanol–water partition coefficient (Wildman–Crippen LogP) is 84.9. The molecule has 2 aliphatic rings. The summed E-state index contributed by atoms with van der Waals surface area (Å²) in [5.74, 6) is -1.43. The van der Waals surface area contributed by atoms with Gasteiger partial charge in [0.15, 0.2) is 11.5 Å². The fourth-order valence-corrected chi connectivity index (χ4v) is 9.56. The van der Waals surface area contributed by atoms with Crippen LogP contribution in [0.3, 0.4) is 0 Å². The fourth-order valence-electron chi connectivity index (χ4n) is 9.39. The Balaban J connectivity index is -0.000000000351. The molecule has 55 heavy (non-hydrogen) atoms. The third-order valence-electron chi connectivity index (χ3n) is 11.9. The average molecular weight is 1410 g/mol. The minimum atomic E-state index is -1.42. The molecule has 6 atom stereocenters. The summed E-state index contributed by atoms with van der Waals surface area (Å²) in [5.41, 5.74) is 1.85. The van der Waals surface area contributed by atoms with Gasteiger partial charge in [0.25, 0.3) is 5.91 Å². The molecule has 0 radical (unpaired) electrons. The first-order valence-corrected chi connectivity index (χ1v) is 19.8. The van der Waals surface area contributed by atoms with Gasteiger partial charge in [-0.3, -0.25) is 19.2 Å². The molecule has 0 bridgehead atoms. The quantitative estimate of drug-likeness (QED) is 0.195. The van der Waals surface area contributed by atoms with Crippen molar-refractivity contribution in [3.8, 4) is 11.5 Å². The van der Waals surface area contributed by atoms with Crippen molar-refractivity contribution >= 4 is 41.0 Å². The zero-order chi connectivity index (χ0) is 41.3. The molecule has 928 valence electrons. The summed E-state index contributed by atoms with van der Waals surface area (Å²) in [7, 11) is 3.12. The molecule has 1 N–H and O–H groups in total. The minimum Gasteiger partial charge on any atom is -0.493 e. The van der Waals surface area contributed by atoms with Crippen LogP contribution < -0.4 is 14.4 Å². The number of anilines is 1. The van der Waals surface area contributed by atoms with Gasteiger partial charge >= 0.3 is 11.9 Å². The second-order valence-corrected chi connectivity index (χ2v) is 16.9. The SMILES string of the molecule is CCC(=O)OC(C)C(C(C)C)C(C)(C)N1C(=O)[C@@H](CC(=O)N2CCC(CC(=O)O)CC2C)O[C@](C)(c2c(C)c(C)cc(OC)c2OC)c2cc(Cl)c(C)cc21.[HH].[HH].[HH].[HH].[HH].[HH].[HH].[HH].[HH].[HH].[HH].[HH].[HH].[HH].[HH].[HH].[HH].[HH].[HH].[HH].[HH].[HH].[HH].[HH].[HH].[HH].[HH].[HH].[HH].[HH].[HH].[HH].[HH].[HH].[HH].[HH].[HH].[HH].[HH].[HH].[HH].[HH].[HH].[HH].[HH].[HH].[HH].[HH].[HH].[HH].[HH].[HH].[HH].[HH].[HH].[HH].[HH].[HH].[HH].[HH].[HH].[HH].[HH].[HH].[HH].[HH].[HH].[HH].[HH].[HH].[HH].[HH].[HH].[HH].[HH].[HH].[HH].[HH].[HH].[HH].[HH].[HH].[HH].[HH].[HH].[HH].[HH].[HH].[HH].[HH].[HH].[HH].[HH].[HH].[HH].[HH].[HH].[HH].[HH].[HH].[HH].[HH].[HH].[HH].[HH].[HH].[HH].[HH].[HH].[HH].[HH].[HH].[HH].[HH].[HH].[HH].[HH].[HH].[HH].[HH].[HH].[HH].[HH].[HH].[HH].[HH].[HH].[HH].[HH].[HH].[HH].[HH].[HH].[HH].[HH].[HH].[HH].[HH].[HH].[HH].[HH].[HH].[HH].[HH].[HH].[HH].[HH].[HH].[HH].[HH].[HH].[HH].[HH].[HH].[HH].[HH].[HH].[HH].[HH].[HH].[HH].[HH].[HH].[HH].[HH].[HH].[HH].[HH].[HH].[HH].[HH].[HH].[HH].[HH].[HH].[HH].[HH].[HH].[HH].[HH].[HH].[HH].[HH].[HH].[HH].[HH].[HH].[HH].[HH].[HH].[HH].[HH].[HH].[HH].[HH].[HH].[HH].[HH].[HH].[HH].[HH].[HH].[HH].[HH].[HH].[HH].[HH].[HH].[HH].[HH].[HH].[HH].[HH].[HH].[HH].[HH].[HH].[HH].[HH].[HH].[HH].[HH].[HH].[HH].[HH].[HH].[HH].[HH].[HH].[HH].[HH].[HH].[HH].[HH].[HH].[HH].[HH].[HH].[HH].[HH].[HH].[HH].[HH].[HH].[HH].[HH].[HH].[HH].[HH].[HH].[HH].[HH].[HH].[HH].[HH].[HH].[HH].[HH].[HH].[HH].[HH].[HH].[HH].[HH].[HH].[HH].[HH].[HH].[HH].[HH].[HH].[HH].[HH].[HH].[HH].[HH].[HH].[HH].[HH].[HH].[HH].[HH].[HH].[HH].[HH].[HH].[HH].[HH].[HH].[HH].[HH].[HH].[HH].[HH].[HH].[HH].[HH].[HH].[HH].[HH].[HH].[HH].[HH].[HH].[HH].[HH].[HH].[HH].[HH].[HH].[HH].[HH]. The van der Waals surface area contributed by atoms with Crippen LogP contribution in [0.4, 0.5) is 5.69 Å². The second-order valence-electron chi connectivity index (χ2n) is 16.5. The van der Waals surface area contributed by atoms with E-state index >= 15 is 4.79 Å². The number of piperidine rings is 1. The Morgan fingerprint density at radius 1 is 1.07 bits per heavy atom. The molecule has 2 aromatic rings. The van der Waals surface area contributed by atoms with Crippen LogP contribution in [0, 0.1) is 38.5 Å². The number of carbonyl (C=O) groups is 4. The zero-order valence-electron chi connectivity index (χ0n) is 34.9. The number of halogens is 1. The van der Waals surface area contributed by atoms with Gasteiger partial charge in [0.1, 0.15) is 17.8 Å². The number of ether oxygens (including phenoxy) is 4. The maximum absolute atomic E-state index is 15.6. The van der Waals surface area contributed by atoms with Crippen LogP contribution in [0.1, 0.15) is 560 Å². The highest BCUT2D eigenvalue weighted by atomic mass is 35.5. The molecule has 2 heterocycles. The first-order valence-electron chi connectivity index (χ1n) is 19.4. The van der Waals surface area contributed by atoms with Gasteiger partial charge in [0.05, 0.1) is 26.3 Å². The van der Waals surface area contributed by atoms with Gasteiger partial charge in [-0.2, -0.15) is 0 Å². The number of carboxylic acid groups (broad SMARTS) is 1. The van der Waals surface area contributed by atoms with Crippen molar-refractivity contribution in [1.29, 1.82) is 0 Å². The molecular formula is C43H685ClN2O9. The van der Waals surface area contributed by atoms with Crippen LogP contribution in [0.15, 0.2) is 18.2 Å². The molecule has 4 unspecified atom stereocenters. The lowest BCUT2D eigenvalue weighted by atomic mass is 9.74. The lowest BCUT2D eigenvalue weighted by Crippen LogP contribution is -2.60. The molecule has 4 rings (SSSR count). The molecule has 0 aromatic heterocycles. The lowest BCUT2D eigenvalue weighted by molar-refractivity contribution is -0.155. The number of rotatable bonds is 13. The number of amides is 2. The molecular weight excluding hydrogens is 724 g/mol. The summed E-state index contributed by atoms with van der Waals surface area (Å²) in [6, 6.07) is 5.39.